The van der Waals surface area contributed by atoms with E-state index in [2.05, 4.69) is 9.71 Å². The van der Waals surface area contributed by atoms with Crippen LogP contribution in [0.3, 0.4) is 0 Å². The first-order valence-electron chi connectivity index (χ1n) is 5.80. The molecule has 0 saturated carbocycles. The zero-order valence-corrected chi connectivity index (χ0v) is 11.8. The molecule has 0 aliphatic rings. The van der Waals surface area contributed by atoms with Crippen LogP contribution in [-0.4, -0.2) is 44.3 Å². The first-order chi connectivity index (χ1) is 8.92. The van der Waals surface area contributed by atoms with Crippen LogP contribution in [0.4, 0.5) is 0 Å². The number of carbonyl (C=O) groups is 1. The van der Waals surface area contributed by atoms with Crippen molar-refractivity contribution in [3.8, 4) is 0 Å². The highest BCUT2D eigenvalue weighted by Crippen LogP contribution is 2.11. The van der Waals surface area contributed by atoms with Gasteiger partial charge in [-0.1, -0.05) is 0 Å². The molecular weight excluding hydrogens is 268 g/mol. The predicted octanol–water partition coefficient (Wildman–Crippen LogP) is -0.703. The fourth-order valence-electron chi connectivity index (χ4n) is 1.37. The van der Waals surface area contributed by atoms with Crippen molar-refractivity contribution in [2.45, 2.75) is 18.4 Å². The summed E-state index contributed by atoms with van der Waals surface area (Å²) in [4.78, 5) is 16.9. The number of pyridine rings is 1. The Kier molecular flexibility index (Phi) is 5.40. The van der Waals surface area contributed by atoms with Crippen LogP contribution in [0.5, 0.6) is 0 Å². The van der Waals surface area contributed by atoms with Gasteiger partial charge in [0.2, 0.25) is 15.9 Å². The average molecular weight is 286 g/mol. The standard InChI is InChI=1S/C11H18N4O3S/c1-3-15(2)11(16)8-14-19(17,18)10-5-4-6-13-9(10)7-12/h4-6,14H,3,7-8,12H2,1-2H3. The van der Waals surface area contributed by atoms with Gasteiger partial charge < -0.3 is 10.6 Å². The molecule has 0 aliphatic carbocycles. The molecule has 3 N–H and O–H groups in total. The summed E-state index contributed by atoms with van der Waals surface area (Å²) in [5.41, 5.74) is 5.71. The number of nitrogens with two attached hydrogens (primary N) is 1. The highest BCUT2D eigenvalue weighted by Gasteiger charge is 2.20. The van der Waals surface area contributed by atoms with Crippen molar-refractivity contribution in [1.82, 2.24) is 14.6 Å². The molecule has 0 bridgehead atoms. The number of hydrogen-bond acceptors (Lipinski definition) is 5. The monoisotopic (exact) mass is 286 g/mol. The lowest BCUT2D eigenvalue weighted by atomic mass is 10.3. The Hall–Kier alpha value is -1.51. The number of likely N-dealkylation sites (N-methyl/N-ethyl adjacent to an activating group) is 1. The molecule has 1 heterocycles. The van der Waals surface area contributed by atoms with E-state index in [0.717, 1.165) is 0 Å². The van der Waals surface area contributed by atoms with E-state index in [4.69, 9.17) is 5.73 Å². The molecule has 1 amide bonds. The second-order valence-corrected chi connectivity index (χ2v) is 5.62. The topological polar surface area (TPSA) is 105 Å². The maximum Gasteiger partial charge on any atom is 0.242 e. The Morgan fingerprint density at radius 1 is 1.53 bits per heavy atom. The average Bonchev–Trinajstić information content (AvgIpc) is 2.43. The Morgan fingerprint density at radius 3 is 2.79 bits per heavy atom. The second kappa shape index (κ2) is 6.60. The van der Waals surface area contributed by atoms with Crippen molar-refractivity contribution >= 4 is 15.9 Å². The van der Waals surface area contributed by atoms with Crippen molar-refractivity contribution in [2.24, 2.45) is 5.73 Å². The molecule has 0 saturated heterocycles. The number of carbonyl (C=O) groups excluding carboxylic acids is 1. The summed E-state index contributed by atoms with van der Waals surface area (Å²) in [7, 11) is -2.18. The van der Waals surface area contributed by atoms with Crippen LogP contribution in [0.2, 0.25) is 0 Å². The normalized spacial score (nSPS) is 11.3. The lowest BCUT2D eigenvalue weighted by Gasteiger charge is -2.15. The predicted molar refractivity (Wildman–Crippen MR) is 70.6 cm³/mol. The van der Waals surface area contributed by atoms with Gasteiger partial charge >= 0.3 is 0 Å². The molecule has 0 unspecified atom stereocenters. The van der Waals surface area contributed by atoms with Crippen LogP contribution in [0, 0.1) is 0 Å². The van der Waals surface area contributed by atoms with E-state index >= 15 is 0 Å². The number of amides is 1. The molecule has 7 nitrogen and oxygen atoms in total. The van der Waals surface area contributed by atoms with Crippen molar-refractivity contribution in [2.75, 3.05) is 20.1 Å². The molecule has 0 spiro atoms. The lowest BCUT2D eigenvalue weighted by Crippen LogP contribution is -2.38. The third-order valence-electron chi connectivity index (χ3n) is 2.64. The van der Waals surface area contributed by atoms with Crippen LogP contribution in [-0.2, 0) is 21.4 Å². The van der Waals surface area contributed by atoms with Gasteiger partial charge in [0, 0.05) is 26.3 Å². The lowest BCUT2D eigenvalue weighted by molar-refractivity contribution is -0.128. The highest BCUT2D eigenvalue weighted by atomic mass is 32.2. The maximum atomic E-state index is 12.0. The number of nitrogens with one attached hydrogen (secondary N) is 1. The summed E-state index contributed by atoms with van der Waals surface area (Å²) in [5.74, 6) is -0.302. The molecule has 19 heavy (non-hydrogen) atoms. The summed E-state index contributed by atoms with van der Waals surface area (Å²) in [6.07, 6.45) is 1.47. The molecule has 0 aromatic carbocycles. The van der Waals surface area contributed by atoms with Crippen molar-refractivity contribution in [3.05, 3.63) is 24.0 Å². The van der Waals surface area contributed by atoms with Gasteiger partial charge in [-0.25, -0.2) is 13.1 Å². The van der Waals surface area contributed by atoms with Crippen molar-refractivity contribution in [3.63, 3.8) is 0 Å². The molecule has 1 rings (SSSR count). The summed E-state index contributed by atoms with van der Waals surface area (Å²) in [6, 6.07) is 2.92. The Balaban J connectivity index is 2.85. The molecule has 0 atom stereocenters. The first-order valence-corrected chi connectivity index (χ1v) is 7.28. The number of sulfonamides is 1. The molecule has 0 aliphatic heterocycles. The van der Waals surface area contributed by atoms with E-state index in [9.17, 15) is 13.2 Å². The molecule has 0 fully saturated rings. The van der Waals surface area contributed by atoms with E-state index in [1.165, 1.54) is 23.2 Å². The van der Waals surface area contributed by atoms with Crippen LogP contribution >= 0.6 is 0 Å². The summed E-state index contributed by atoms with van der Waals surface area (Å²) in [5, 5.41) is 0. The molecule has 0 radical (unpaired) electrons. The van der Waals surface area contributed by atoms with Gasteiger partial charge in [-0.2, -0.15) is 0 Å². The van der Waals surface area contributed by atoms with Crippen molar-refractivity contribution < 1.29 is 13.2 Å². The molecule has 106 valence electrons. The van der Waals surface area contributed by atoms with Gasteiger partial charge in [0.05, 0.1) is 12.2 Å². The maximum absolute atomic E-state index is 12.0. The quantitative estimate of drug-likeness (QED) is 0.719. The van der Waals surface area contributed by atoms with E-state index < -0.39 is 10.0 Å². The molecule has 1 aromatic rings. The van der Waals surface area contributed by atoms with Crippen LogP contribution in [0.25, 0.3) is 0 Å². The van der Waals surface area contributed by atoms with E-state index in [0.29, 0.717) is 6.54 Å². The largest absolute Gasteiger partial charge is 0.345 e. The minimum Gasteiger partial charge on any atom is -0.345 e. The van der Waals surface area contributed by atoms with Crippen molar-refractivity contribution in [1.29, 1.82) is 0 Å². The smallest absolute Gasteiger partial charge is 0.242 e. The molecular formula is C11H18N4O3S. The van der Waals surface area contributed by atoms with Crippen LogP contribution in [0.15, 0.2) is 23.2 Å². The zero-order chi connectivity index (χ0) is 14.5. The van der Waals surface area contributed by atoms with E-state index in [1.807, 2.05) is 0 Å². The number of hydrogen-bond donors (Lipinski definition) is 2. The zero-order valence-electron chi connectivity index (χ0n) is 11.0. The first kappa shape index (κ1) is 15.5. The molecule has 8 heteroatoms. The Morgan fingerprint density at radius 2 is 2.21 bits per heavy atom. The molecule has 1 aromatic heterocycles. The van der Waals surface area contributed by atoms with Gasteiger partial charge in [0.1, 0.15) is 4.90 Å². The van der Waals surface area contributed by atoms with Gasteiger partial charge in [-0.15, -0.1) is 0 Å². The van der Waals surface area contributed by atoms with Gasteiger partial charge in [-0.05, 0) is 19.1 Å². The number of nitrogens with zero attached hydrogens (tertiary/aromatic N) is 2. The number of rotatable bonds is 6. The third-order valence-corrected chi connectivity index (χ3v) is 4.12. The second-order valence-electron chi connectivity index (χ2n) is 3.88. The van der Waals surface area contributed by atoms with E-state index in [1.54, 1.807) is 14.0 Å². The fourth-order valence-corrected chi connectivity index (χ4v) is 2.54. The number of aromatic nitrogens is 1. The Bertz CT molecular complexity index is 545. The summed E-state index contributed by atoms with van der Waals surface area (Å²) in [6.45, 7) is 2.05. The minimum atomic E-state index is -3.78. The SMILES string of the molecule is CCN(C)C(=O)CNS(=O)(=O)c1cccnc1CN. The minimum absolute atomic E-state index is 0.00412. The highest BCUT2D eigenvalue weighted by molar-refractivity contribution is 7.89. The van der Waals surface area contributed by atoms with Crippen LogP contribution in [0.1, 0.15) is 12.6 Å². The summed E-state index contributed by atoms with van der Waals surface area (Å²) < 4.78 is 26.4. The summed E-state index contributed by atoms with van der Waals surface area (Å²) >= 11 is 0. The van der Waals surface area contributed by atoms with E-state index in [-0.39, 0.29) is 29.6 Å². The third kappa shape index (κ3) is 3.98. The fraction of sp³-hybridized carbons (Fsp3) is 0.455. The van der Waals surface area contributed by atoms with Crippen LogP contribution < -0.4 is 10.5 Å². The van der Waals surface area contributed by atoms with Gasteiger partial charge in [0.25, 0.3) is 0 Å². The van der Waals surface area contributed by atoms with Gasteiger partial charge in [-0.3, -0.25) is 9.78 Å². The Labute approximate surface area is 112 Å². The van der Waals surface area contributed by atoms with Gasteiger partial charge in [0.15, 0.2) is 0 Å².